The Morgan fingerprint density at radius 2 is 2.21 bits per heavy atom. The van der Waals surface area contributed by atoms with Gasteiger partial charge in [0.05, 0.1) is 23.1 Å². The Morgan fingerprint density at radius 3 is 2.71 bits per heavy atom. The van der Waals surface area contributed by atoms with Crippen LogP contribution in [0.5, 0.6) is 5.75 Å². The van der Waals surface area contributed by atoms with Crippen LogP contribution in [-0.4, -0.2) is 12.0 Å². The van der Waals surface area contributed by atoms with Gasteiger partial charge >= 0.3 is 5.69 Å². The number of hydrogen-bond donors (Lipinski definition) is 0. The first-order chi connectivity index (χ1) is 6.56. The summed E-state index contributed by atoms with van der Waals surface area (Å²) in [5.41, 5.74) is -0.721. The van der Waals surface area contributed by atoms with Crippen molar-refractivity contribution in [2.75, 3.05) is 7.11 Å². The van der Waals surface area contributed by atoms with Gasteiger partial charge in [0.15, 0.2) is 5.75 Å². The van der Waals surface area contributed by atoms with Gasteiger partial charge in [-0.15, -0.1) is 0 Å². The Bertz CT molecular complexity index is 371. The topological polar surface area (TPSA) is 61.6 Å². The number of nitro benzene ring substituents is 1. The van der Waals surface area contributed by atoms with Gasteiger partial charge in [-0.05, 0) is 0 Å². The van der Waals surface area contributed by atoms with Crippen molar-refractivity contribution in [2.45, 2.75) is 0 Å². The molecule has 0 aromatic heterocycles. The van der Waals surface area contributed by atoms with Crippen molar-refractivity contribution < 1.29 is 19.1 Å². The summed E-state index contributed by atoms with van der Waals surface area (Å²) < 4.78 is 12.9. The summed E-state index contributed by atoms with van der Waals surface area (Å²) in [6.07, 6.45) is 0. The number of hydrogen-bond acceptors (Lipinski definition) is 4. The largest absolute Gasteiger partial charge is 0.336 e. The third-order valence-electron chi connectivity index (χ3n) is 1.37. The van der Waals surface area contributed by atoms with E-state index in [1.54, 1.807) is 0 Å². The first-order valence-electron chi connectivity index (χ1n) is 3.40. The minimum absolute atomic E-state index is 0.102. The minimum Gasteiger partial charge on any atom is -0.336 e. The fraction of sp³-hybridized carbons (Fsp3) is 0.143. The number of benzene rings is 1. The van der Waals surface area contributed by atoms with E-state index in [2.05, 4.69) is 9.78 Å². The maximum Gasteiger partial charge on any atom is 0.308 e. The summed E-state index contributed by atoms with van der Waals surface area (Å²) in [5.74, 6) is -1.13. The van der Waals surface area contributed by atoms with Crippen LogP contribution in [0.3, 0.4) is 0 Å². The monoisotopic (exact) mass is 221 g/mol. The summed E-state index contributed by atoms with van der Waals surface area (Å²) in [6, 6.07) is 1.63. The molecule has 76 valence electrons. The molecule has 14 heavy (non-hydrogen) atoms. The molecular formula is C7H5ClFNO4. The van der Waals surface area contributed by atoms with Gasteiger partial charge in [0.25, 0.3) is 0 Å². The lowest BCUT2D eigenvalue weighted by molar-refractivity contribution is -0.387. The van der Waals surface area contributed by atoms with Crippen LogP contribution in [0.15, 0.2) is 12.1 Å². The van der Waals surface area contributed by atoms with Gasteiger partial charge in [-0.3, -0.25) is 10.1 Å². The highest BCUT2D eigenvalue weighted by Gasteiger charge is 2.18. The predicted molar refractivity (Wildman–Crippen MR) is 45.7 cm³/mol. The highest BCUT2D eigenvalue weighted by molar-refractivity contribution is 6.32. The second-order valence-corrected chi connectivity index (χ2v) is 2.65. The van der Waals surface area contributed by atoms with Gasteiger partial charge in [0, 0.05) is 6.07 Å². The Labute approximate surface area is 83.1 Å². The SMILES string of the molecule is COOc1cc([N+](=O)[O-])c(F)cc1Cl. The first kappa shape index (κ1) is 10.7. The molecule has 1 rings (SSSR count). The predicted octanol–water partition coefficient (Wildman–Crippen LogP) is 2.33. The summed E-state index contributed by atoms with van der Waals surface area (Å²) in [7, 11) is 1.20. The zero-order chi connectivity index (χ0) is 10.7. The number of rotatable bonds is 3. The Kier molecular flexibility index (Phi) is 3.21. The average molecular weight is 222 g/mol. The lowest BCUT2D eigenvalue weighted by Crippen LogP contribution is -1.96. The molecule has 0 heterocycles. The first-order valence-corrected chi connectivity index (χ1v) is 3.78. The zero-order valence-electron chi connectivity index (χ0n) is 6.99. The van der Waals surface area contributed by atoms with E-state index in [9.17, 15) is 14.5 Å². The summed E-state index contributed by atoms with van der Waals surface area (Å²) in [6.45, 7) is 0. The highest BCUT2D eigenvalue weighted by atomic mass is 35.5. The highest BCUT2D eigenvalue weighted by Crippen LogP contribution is 2.31. The second kappa shape index (κ2) is 4.21. The van der Waals surface area contributed by atoms with Crippen molar-refractivity contribution in [1.82, 2.24) is 0 Å². The molecule has 5 nitrogen and oxygen atoms in total. The maximum atomic E-state index is 12.9. The minimum atomic E-state index is -1.02. The lowest BCUT2D eigenvalue weighted by atomic mass is 10.3. The second-order valence-electron chi connectivity index (χ2n) is 2.24. The van der Waals surface area contributed by atoms with Crippen molar-refractivity contribution in [3.05, 3.63) is 33.1 Å². The smallest absolute Gasteiger partial charge is 0.308 e. The number of halogens is 2. The van der Waals surface area contributed by atoms with E-state index in [-0.39, 0.29) is 10.8 Å². The molecule has 0 spiro atoms. The van der Waals surface area contributed by atoms with Crippen LogP contribution >= 0.6 is 11.6 Å². The molecule has 0 atom stereocenters. The molecular weight excluding hydrogens is 217 g/mol. The average Bonchev–Trinajstić information content (AvgIpc) is 2.09. The quantitative estimate of drug-likeness (QED) is 0.446. The van der Waals surface area contributed by atoms with Crippen LogP contribution in [0, 0.1) is 15.9 Å². The van der Waals surface area contributed by atoms with Crippen molar-refractivity contribution >= 4 is 17.3 Å². The van der Waals surface area contributed by atoms with Crippen molar-refractivity contribution in [3.8, 4) is 5.75 Å². The third-order valence-corrected chi connectivity index (χ3v) is 1.67. The van der Waals surface area contributed by atoms with Crippen LogP contribution in [-0.2, 0) is 4.89 Å². The molecule has 0 N–H and O–H groups in total. The van der Waals surface area contributed by atoms with E-state index in [0.29, 0.717) is 0 Å². The van der Waals surface area contributed by atoms with E-state index >= 15 is 0 Å². The molecule has 1 aromatic rings. The van der Waals surface area contributed by atoms with Crippen LogP contribution in [0.4, 0.5) is 10.1 Å². The molecule has 0 saturated heterocycles. The third kappa shape index (κ3) is 2.09. The normalized spacial score (nSPS) is 9.93. The maximum absolute atomic E-state index is 12.9. The Hall–Kier alpha value is -1.40. The van der Waals surface area contributed by atoms with E-state index in [1.165, 1.54) is 7.11 Å². The Balaban J connectivity index is 3.20. The fourth-order valence-electron chi connectivity index (χ4n) is 0.812. The molecule has 0 aliphatic heterocycles. The fourth-order valence-corrected chi connectivity index (χ4v) is 0.994. The van der Waals surface area contributed by atoms with Crippen LogP contribution in [0.2, 0.25) is 5.02 Å². The van der Waals surface area contributed by atoms with Crippen molar-refractivity contribution in [1.29, 1.82) is 0 Å². The zero-order valence-corrected chi connectivity index (χ0v) is 7.75. The van der Waals surface area contributed by atoms with Crippen LogP contribution < -0.4 is 4.89 Å². The molecule has 7 heteroatoms. The summed E-state index contributed by atoms with van der Waals surface area (Å²) in [4.78, 5) is 18.2. The molecule has 0 radical (unpaired) electrons. The van der Waals surface area contributed by atoms with Crippen LogP contribution in [0.25, 0.3) is 0 Å². The van der Waals surface area contributed by atoms with E-state index in [0.717, 1.165) is 12.1 Å². The molecule has 0 aliphatic carbocycles. The van der Waals surface area contributed by atoms with Crippen LogP contribution in [0.1, 0.15) is 0 Å². The van der Waals surface area contributed by atoms with E-state index in [4.69, 9.17) is 11.6 Å². The van der Waals surface area contributed by atoms with Crippen molar-refractivity contribution in [2.24, 2.45) is 0 Å². The standard InChI is InChI=1S/C7H5ClFNO4/c1-13-14-7-3-6(10(11)12)5(9)2-4(7)8/h2-3H,1H3. The van der Waals surface area contributed by atoms with Gasteiger partial charge in [0.2, 0.25) is 5.82 Å². The lowest BCUT2D eigenvalue weighted by Gasteiger charge is -2.03. The van der Waals surface area contributed by atoms with Gasteiger partial charge in [0.1, 0.15) is 0 Å². The molecule has 0 aliphatic rings. The van der Waals surface area contributed by atoms with Crippen molar-refractivity contribution in [3.63, 3.8) is 0 Å². The van der Waals surface area contributed by atoms with Gasteiger partial charge in [-0.2, -0.15) is 9.28 Å². The molecule has 1 aromatic carbocycles. The number of nitrogens with zero attached hydrogens (tertiary/aromatic N) is 1. The summed E-state index contributed by atoms with van der Waals surface area (Å²) in [5, 5.41) is 10.2. The Morgan fingerprint density at radius 1 is 1.57 bits per heavy atom. The molecule has 0 fully saturated rings. The molecule has 0 saturated carbocycles. The van der Waals surface area contributed by atoms with E-state index in [1.807, 2.05) is 0 Å². The number of nitro groups is 1. The molecule has 0 bridgehead atoms. The molecule has 0 unspecified atom stereocenters. The van der Waals surface area contributed by atoms with Gasteiger partial charge in [-0.25, -0.2) is 0 Å². The van der Waals surface area contributed by atoms with Gasteiger partial charge < -0.3 is 4.89 Å². The van der Waals surface area contributed by atoms with Gasteiger partial charge in [-0.1, -0.05) is 11.6 Å². The molecule has 0 amide bonds. The summed E-state index contributed by atoms with van der Waals surface area (Å²) >= 11 is 5.52. The van der Waals surface area contributed by atoms with E-state index < -0.39 is 16.4 Å².